The van der Waals surface area contributed by atoms with E-state index >= 15 is 0 Å². The topological polar surface area (TPSA) is 163 Å². The van der Waals surface area contributed by atoms with Crippen LogP contribution in [0, 0.1) is 23.2 Å². The molecule has 1 unspecified atom stereocenters. The maximum absolute atomic E-state index is 14.3. The zero-order valence-electron chi connectivity index (χ0n) is 28.2. The Hall–Kier alpha value is -3.28. The van der Waals surface area contributed by atoms with Gasteiger partial charge in [0, 0.05) is 24.9 Å². The Morgan fingerprint density at radius 2 is 1.69 bits per heavy atom. The van der Waals surface area contributed by atoms with Gasteiger partial charge in [-0.3, -0.25) is 24.0 Å². The Morgan fingerprint density at radius 1 is 1.04 bits per heavy atom. The average molecular weight is 632 g/mol. The number of amides is 5. The zero-order chi connectivity index (χ0) is 33.9. The molecule has 3 rings (SSSR count). The number of carbonyl (C=O) groups is 6. The molecule has 0 radical (unpaired) electrons. The van der Waals surface area contributed by atoms with Gasteiger partial charge in [-0.25, -0.2) is 4.79 Å². The van der Waals surface area contributed by atoms with Gasteiger partial charge in [-0.05, 0) is 50.9 Å². The molecular weight excluding hydrogens is 578 g/mol. The highest BCUT2D eigenvalue weighted by Gasteiger charge is 2.57. The number of urea groups is 1. The van der Waals surface area contributed by atoms with Crippen LogP contribution in [0.3, 0.4) is 0 Å². The third-order valence-corrected chi connectivity index (χ3v) is 8.81. The third-order valence-electron chi connectivity index (χ3n) is 8.81. The maximum Gasteiger partial charge on any atom is 0.316 e. The number of nitrogens with zero attached hydrogens (tertiary/aromatic N) is 1. The summed E-state index contributed by atoms with van der Waals surface area (Å²) in [5.41, 5.74) is -1.28. The van der Waals surface area contributed by atoms with Gasteiger partial charge in [-0.2, -0.15) is 0 Å². The molecule has 0 aromatic heterocycles. The minimum Gasteiger partial charge on any atom is -0.370 e. The molecule has 2 heterocycles. The van der Waals surface area contributed by atoms with Crippen LogP contribution < -0.4 is 21.3 Å². The molecule has 252 valence electrons. The predicted octanol–water partition coefficient (Wildman–Crippen LogP) is 2.25. The van der Waals surface area contributed by atoms with Gasteiger partial charge in [0.25, 0.3) is 5.91 Å². The summed E-state index contributed by atoms with van der Waals surface area (Å²) in [5.74, 6) is -3.13. The number of hydrogen-bond donors (Lipinski definition) is 4. The molecule has 0 aromatic rings. The van der Waals surface area contributed by atoms with Crippen LogP contribution in [0.5, 0.6) is 0 Å². The summed E-state index contributed by atoms with van der Waals surface area (Å²) in [5, 5.41) is 10.8. The van der Waals surface area contributed by atoms with Gasteiger partial charge in [-0.1, -0.05) is 54.0 Å². The fourth-order valence-electron chi connectivity index (χ4n) is 6.37. The highest BCUT2D eigenvalue weighted by molar-refractivity contribution is 6.38. The monoisotopic (exact) mass is 631 g/mol. The summed E-state index contributed by atoms with van der Waals surface area (Å²) in [6.07, 6.45) is 3.94. The number of ether oxygens (including phenoxy) is 1. The lowest BCUT2D eigenvalue weighted by Gasteiger charge is -2.37. The molecule has 12 nitrogen and oxygen atoms in total. The molecule has 1 saturated carbocycles. The van der Waals surface area contributed by atoms with E-state index < -0.39 is 70.8 Å². The number of Topliss-reactive ketones (excluding diaryl/α,β-unsaturated/α-hetero) is 2. The summed E-state index contributed by atoms with van der Waals surface area (Å²) < 4.78 is 6.24. The second-order valence-corrected chi connectivity index (χ2v) is 14.7. The van der Waals surface area contributed by atoms with Crippen molar-refractivity contribution in [2.75, 3.05) is 13.1 Å². The third kappa shape index (κ3) is 8.92. The minimum absolute atomic E-state index is 0.00277. The van der Waals surface area contributed by atoms with Crippen molar-refractivity contribution in [2.24, 2.45) is 23.2 Å². The van der Waals surface area contributed by atoms with Gasteiger partial charge in [0.15, 0.2) is 5.78 Å². The SMILES string of the molecule is C=CCNC(=O)C(=O)C(CCC)NC(=O)[C@@H]1[C@H]2CC(C)(C)O[C@H]2CN1C(=O)[C@@H](NC(=O)N[C@H](C(=O)C1CC1)C(C)C)C(C)(C)C. The van der Waals surface area contributed by atoms with E-state index in [-0.39, 0.29) is 43.0 Å². The predicted molar refractivity (Wildman–Crippen MR) is 169 cm³/mol. The molecule has 0 spiro atoms. The fraction of sp³-hybridized carbons (Fsp3) is 0.758. The highest BCUT2D eigenvalue weighted by Crippen LogP contribution is 2.43. The van der Waals surface area contributed by atoms with E-state index in [1.54, 1.807) is 0 Å². The summed E-state index contributed by atoms with van der Waals surface area (Å²) in [6.45, 7) is 18.6. The smallest absolute Gasteiger partial charge is 0.316 e. The van der Waals surface area contributed by atoms with Gasteiger partial charge >= 0.3 is 6.03 Å². The van der Waals surface area contributed by atoms with E-state index in [1.807, 2.05) is 55.4 Å². The first-order valence-corrected chi connectivity index (χ1v) is 16.2. The largest absolute Gasteiger partial charge is 0.370 e. The Kier molecular flexibility index (Phi) is 11.6. The number of ketones is 2. The molecule has 3 aliphatic rings. The summed E-state index contributed by atoms with van der Waals surface area (Å²) in [7, 11) is 0. The molecule has 2 saturated heterocycles. The second kappa shape index (κ2) is 14.4. The number of nitrogens with one attached hydrogen (secondary N) is 4. The van der Waals surface area contributed by atoms with Crippen molar-refractivity contribution in [3.05, 3.63) is 12.7 Å². The maximum atomic E-state index is 14.3. The highest BCUT2D eigenvalue weighted by atomic mass is 16.5. The van der Waals surface area contributed by atoms with Crippen LogP contribution in [0.2, 0.25) is 0 Å². The average Bonchev–Trinajstić information content (AvgIpc) is 3.67. The van der Waals surface area contributed by atoms with E-state index in [4.69, 9.17) is 4.74 Å². The quantitative estimate of drug-likeness (QED) is 0.169. The molecule has 3 fully saturated rings. The molecule has 1 aliphatic carbocycles. The van der Waals surface area contributed by atoms with E-state index in [2.05, 4.69) is 27.8 Å². The lowest BCUT2D eigenvalue weighted by Crippen LogP contribution is -2.62. The Balaban J connectivity index is 1.86. The number of fused-ring (bicyclic) bond motifs is 1. The first kappa shape index (κ1) is 36.2. The molecule has 0 aromatic carbocycles. The molecule has 45 heavy (non-hydrogen) atoms. The fourth-order valence-corrected chi connectivity index (χ4v) is 6.37. The number of carbonyl (C=O) groups excluding carboxylic acids is 6. The van der Waals surface area contributed by atoms with Gasteiger partial charge in [0.05, 0.1) is 23.8 Å². The van der Waals surface area contributed by atoms with Gasteiger partial charge in [-0.15, -0.1) is 6.58 Å². The van der Waals surface area contributed by atoms with Crippen molar-refractivity contribution in [1.29, 1.82) is 0 Å². The normalized spacial score (nSPS) is 24.2. The van der Waals surface area contributed by atoms with Crippen LogP contribution >= 0.6 is 0 Å². The van der Waals surface area contributed by atoms with Gasteiger partial charge in [0.2, 0.25) is 17.6 Å². The number of likely N-dealkylation sites (tertiary alicyclic amines) is 1. The Bertz CT molecular complexity index is 1170. The summed E-state index contributed by atoms with van der Waals surface area (Å²) in [4.78, 5) is 81.3. The molecule has 2 aliphatic heterocycles. The lowest BCUT2D eigenvalue weighted by molar-refractivity contribution is -0.145. The molecule has 0 bridgehead atoms. The molecule has 12 heteroatoms. The zero-order valence-corrected chi connectivity index (χ0v) is 28.2. The van der Waals surface area contributed by atoms with E-state index in [0.29, 0.717) is 12.8 Å². The van der Waals surface area contributed by atoms with E-state index in [1.165, 1.54) is 11.0 Å². The molecule has 4 N–H and O–H groups in total. The van der Waals surface area contributed by atoms with Crippen molar-refractivity contribution in [1.82, 2.24) is 26.2 Å². The van der Waals surface area contributed by atoms with Crippen LogP contribution in [0.1, 0.15) is 87.5 Å². The molecule has 5 amide bonds. The second-order valence-electron chi connectivity index (χ2n) is 14.7. The van der Waals surface area contributed by atoms with Gasteiger partial charge in [0.1, 0.15) is 12.1 Å². The number of rotatable bonds is 14. The van der Waals surface area contributed by atoms with Crippen LogP contribution in [-0.2, 0) is 28.7 Å². The van der Waals surface area contributed by atoms with Crippen molar-refractivity contribution in [3.63, 3.8) is 0 Å². The van der Waals surface area contributed by atoms with Crippen molar-refractivity contribution < 1.29 is 33.5 Å². The number of hydrogen-bond acceptors (Lipinski definition) is 7. The summed E-state index contributed by atoms with van der Waals surface area (Å²) in [6, 6.07) is -4.40. The Labute approximate surface area is 267 Å². The molecular formula is C33H53N5O7. The van der Waals surface area contributed by atoms with Crippen molar-refractivity contribution >= 4 is 35.3 Å². The van der Waals surface area contributed by atoms with Crippen molar-refractivity contribution in [2.45, 2.75) is 123 Å². The van der Waals surface area contributed by atoms with Crippen LogP contribution in [0.25, 0.3) is 0 Å². The van der Waals surface area contributed by atoms with Crippen LogP contribution in [0.15, 0.2) is 12.7 Å². The first-order valence-electron chi connectivity index (χ1n) is 16.2. The van der Waals surface area contributed by atoms with Crippen LogP contribution in [-0.4, -0.2) is 89.2 Å². The van der Waals surface area contributed by atoms with Crippen molar-refractivity contribution in [3.8, 4) is 0 Å². The minimum atomic E-state index is -1.07. The Morgan fingerprint density at radius 3 is 2.22 bits per heavy atom. The van der Waals surface area contributed by atoms with Crippen LogP contribution in [0.4, 0.5) is 4.79 Å². The standard InChI is InChI=1S/C33H53N5O7/c1-10-12-21(26(40)29(42)34-15-11-2)35-28(41)24-20-16-33(8,9)45-22(20)17-38(24)30(43)27(32(5,6)7)37-31(44)36-23(18(3)4)25(39)19-13-14-19/h11,18-24,27H,2,10,12-17H2,1,3-9H3,(H,34,42)(H,35,41)(H2,36,37,44)/t20-,21?,22-,23-,24-,27+/m0/s1. The molecule has 6 atom stereocenters. The first-order chi connectivity index (χ1) is 20.9. The van der Waals surface area contributed by atoms with E-state index in [9.17, 15) is 28.8 Å². The van der Waals surface area contributed by atoms with Gasteiger partial charge < -0.3 is 30.9 Å². The summed E-state index contributed by atoms with van der Waals surface area (Å²) >= 11 is 0. The van der Waals surface area contributed by atoms with E-state index in [0.717, 1.165) is 12.8 Å². The lowest BCUT2D eigenvalue weighted by atomic mass is 9.85.